The number of primary amides is 2. The third-order valence-electron chi connectivity index (χ3n) is 4.58. The Hall–Kier alpha value is -4.53. The Balaban J connectivity index is 1.67. The van der Waals surface area contributed by atoms with Gasteiger partial charge in [-0.05, 0) is 29.8 Å². The van der Waals surface area contributed by atoms with E-state index in [4.69, 9.17) is 11.5 Å². The van der Waals surface area contributed by atoms with Crippen molar-refractivity contribution >= 4 is 40.0 Å². The number of nitrogens with one attached hydrogen (secondary N) is 2. The van der Waals surface area contributed by atoms with Gasteiger partial charge < -0.3 is 22.1 Å². The van der Waals surface area contributed by atoms with Gasteiger partial charge in [0.2, 0.25) is 5.91 Å². The van der Waals surface area contributed by atoms with Gasteiger partial charge in [-0.1, -0.05) is 36.4 Å². The minimum absolute atomic E-state index is 0.0350. The Morgan fingerprint density at radius 1 is 0.935 bits per heavy atom. The number of anilines is 3. The van der Waals surface area contributed by atoms with Crippen LogP contribution in [0.25, 0.3) is 10.9 Å². The van der Waals surface area contributed by atoms with E-state index in [2.05, 4.69) is 25.6 Å². The molecule has 0 fully saturated rings. The van der Waals surface area contributed by atoms with Crippen LogP contribution in [-0.4, -0.2) is 26.8 Å². The fourth-order valence-corrected chi connectivity index (χ4v) is 3.13. The van der Waals surface area contributed by atoms with Crippen LogP contribution in [0.2, 0.25) is 0 Å². The zero-order chi connectivity index (χ0) is 21.8. The lowest BCUT2D eigenvalue weighted by Crippen LogP contribution is -2.28. The molecule has 154 valence electrons. The zero-order valence-electron chi connectivity index (χ0n) is 16.3. The van der Waals surface area contributed by atoms with Crippen molar-refractivity contribution in [1.82, 2.24) is 15.0 Å². The normalized spacial score (nSPS) is 11.6. The van der Waals surface area contributed by atoms with Crippen molar-refractivity contribution in [3.8, 4) is 0 Å². The van der Waals surface area contributed by atoms with Crippen molar-refractivity contribution < 1.29 is 9.59 Å². The number of fused-ring (bicyclic) bond motifs is 1. The van der Waals surface area contributed by atoms with Gasteiger partial charge in [0.05, 0.1) is 11.7 Å². The molecule has 9 nitrogen and oxygen atoms in total. The van der Waals surface area contributed by atoms with E-state index in [0.29, 0.717) is 11.3 Å². The largest absolute Gasteiger partial charge is 0.368 e. The van der Waals surface area contributed by atoms with E-state index in [1.54, 1.807) is 36.5 Å². The quantitative estimate of drug-likeness (QED) is 0.364. The average molecular weight is 413 g/mol. The summed E-state index contributed by atoms with van der Waals surface area (Å²) in [5, 5.41) is 6.95. The first-order valence-corrected chi connectivity index (χ1v) is 9.41. The fraction of sp³-hybridized carbons (Fsp3) is 0.0455. The van der Waals surface area contributed by atoms with E-state index in [1.165, 1.54) is 6.20 Å². The van der Waals surface area contributed by atoms with Crippen molar-refractivity contribution in [3.05, 3.63) is 84.3 Å². The lowest BCUT2D eigenvalue weighted by molar-refractivity contribution is -0.118. The molecular formula is C22H19N7O2. The molecule has 1 atom stereocenters. The highest BCUT2D eigenvalue weighted by molar-refractivity contribution is 5.97. The van der Waals surface area contributed by atoms with Crippen molar-refractivity contribution in [2.45, 2.75) is 6.04 Å². The molecule has 9 heteroatoms. The van der Waals surface area contributed by atoms with Gasteiger partial charge in [0.15, 0.2) is 11.5 Å². The van der Waals surface area contributed by atoms with Crippen LogP contribution in [0.4, 0.5) is 17.3 Å². The molecule has 2 amide bonds. The summed E-state index contributed by atoms with van der Waals surface area (Å²) in [6.07, 6.45) is 3.04. The second-order valence-electron chi connectivity index (χ2n) is 6.74. The van der Waals surface area contributed by atoms with Crippen molar-refractivity contribution in [2.75, 3.05) is 10.6 Å². The van der Waals surface area contributed by atoms with Gasteiger partial charge in [-0.3, -0.25) is 14.6 Å². The second-order valence-corrected chi connectivity index (χ2v) is 6.74. The minimum Gasteiger partial charge on any atom is -0.368 e. The number of carbonyl (C=O) groups excluding carboxylic acids is 2. The molecule has 0 aliphatic carbocycles. The van der Waals surface area contributed by atoms with Gasteiger partial charge in [0.25, 0.3) is 5.91 Å². The number of nitrogens with two attached hydrogens (primary N) is 2. The van der Waals surface area contributed by atoms with Gasteiger partial charge in [-0.15, -0.1) is 0 Å². The Morgan fingerprint density at radius 3 is 2.48 bits per heavy atom. The predicted molar refractivity (Wildman–Crippen MR) is 118 cm³/mol. The highest BCUT2D eigenvalue weighted by Gasteiger charge is 2.20. The molecule has 6 N–H and O–H groups in total. The SMILES string of the molecule is NC(=O)c1ncc(NC(C(N)=O)c2ccccc2)nc1Nc1ccc2ncccc2c1. The Bertz CT molecular complexity index is 1260. The summed E-state index contributed by atoms with van der Waals surface area (Å²) in [7, 11) is 0. The monoisotopic (exact) mass is 413 g/mol. The van der Waals surface area contributed by atoms with E-state index < -0.39 is 17.9 Å². The first-order valence-electron chi connectivity index (χ1n) is 9.41. The highest BCUT2D eigenvalue weighted by Crippen LogP contribution is 2.24. The maximum Gasteiger partial charge on any atom is 0.271 e. The Morgan fingerprint density at radius 2 is 1.74 bits per heavy atom. The molecule has 31 heavy (non-hydrogen) atoms. The number of rotatable bonds is 7. The lowest BCUT2D eigenvalue weighted by atomic mass is 10.1. The van der Waals surface area contributed by atoms with E-state index in [9.17, 15) is 9.59 Å². The van der Waals surface area contributed by atoms with Crippen molar-refractivity contribution in [3.63, 3.8) is 0 Å². The number of benzene rings is 2. The van der Waals surface area contributed by atoms with Gasteiger partial charge in [-0.2, -0.15) is 0 Å². The molecule has 1 unspecified atom stereocenters. The smallest absolute Gasteiger partial charge is 0.271 e. The topological polar surface area (TPSA) is 149 Å². The molecule has 0 radical (unpaired) electrons. The molecule has 2 aromatic heterocycles. The van der Waals surface area contributed by atoms with E-state index in [0.717, 1.165) is 10.9 Å². The second kappa shape index (κ2) is 8.46. The maximum atomic E-state index is 12.0. The van der Waals surface area contributed by atoms with Gasteiger partial charge in [0.1, 0.15) is 11.9 Å². The summed E-state index contributed by atoms with van der Waals surface area (Å²) in [6, 6.07) is 17.4. The van der Waals surface area contributed by atoms with E-state index in [1.807, 2.05) is 30.3 Å². The zero-order valence-corrected chi connectivity index (χ0v) is 16.3. The van der Waals surface area contributed by atoms with Crippen LogP contribution in [0.5, 0.6) is 0 Å². The average Bonchev–Trinajstić information content (AvgIpc) is 2.77. The van der Waals surface area contributed by atoms with E-state index in [-0.39, 0.29) is 17.3 Å². The summed E-state index contributed by atoms with van der Waals surface area (Å²) >= 11 is 0. The molecule has 4 rings (SSSR count). The Kier molecular flexibility index (Phi) is 5.39. The molecule has 0 saturated carbocycles. The van der Waals surface area contributed by atoms with Gasteiger partial charge in [-0.25, -0.2) is 9.97 Å². The molecule has 0 aliphatic heterocycles. The van der Waals surface area contributed by atoms with Crippen LogP contribution in [0.1, 0.15) is 22.1 Å². The number of amides is 2. The number of carbonyl (C=O) groups is 2. The molecule has 0 aliphatic rings. The van der Waals surface area contributed by atoms with E-state index >= 15 is 0 Å². The van der Waals surface area contributed by atoms with Crippen LogP contribution in [0.15, 0.2) is 73.1 Å². The summed E-state index contributed by atoms with van der Waals surface area (Å²) < 4.78 is 0. The van der Waals surface area contributed by atoms with Crippen molar-refractivity contribution in [1.29, 1.82) is 0 Å². The minimum atomic E-state index is -0.825. The number of nitrogens with zero attached hydrogens (tertiary/aromatic N) is 3. The lowest BCUT2D eigenvalue weighted by Gasteiger charge is -2.17. The van der Waals surface area contributed by atoms with Crippen LogP contribution in [-0.2, 0) is 4.79 Å². The standard InChI is InChI=1S/C22H19N7O2/c23-20(30)18(13-5-2-1-3-6-13)28-17-12-26-19(21(24)31)22(29-17)27-15-8-9-16-14(11-15)7-4-10-25-16/h1-12,18H,(H2,23,30)(H2,24,31)(H2,27,28,29). The van der Waals surface area contributed by atoms with Gasteiger partial charge in [0, 0.05) is 17.3 Å². The predicted octanol–water partition coefficient (Wildman–Crippen LogP) is 2.51. The number of hydrogen-bond donors (Lipinski definition) is 4. The van der Waals surface area contributed by atoms with Crippen LogP contribution < -0.4 is 22.1 Å². The summed E-state index contributed by atoms with van der Waals surface area (Å²) in [4.78, 5) is 36.7. The molecule has 0 bridgehead atoms. The Labute approximate surface area is 177 Å². The van der Waals surface area contributed by atoms with Gasteiger partial charge >= 0.3 is 0 Å². The number of pyridine rings is 1. The summed E-state index contributed by atoms with van der Waals surface area (Å²) in [5.41, 5.74) is 13.2. The number of aromatic nitrogens is 3. The molecule has 4 aromatic rings. The summed E-state index contributed by atoms with van der Waals surface area (Å²) in [5.74, 6) is -0.915. The third kappa shape index (κ3) is 4.40. The molecule has 2 heterocycles. The fourth-order valence-electron chi connectivity index (χ4n) is 3.13. The van der Waals surface area contributed by atoms with Crippen molar-refractivity contribution in [2.24, 2.45) is 11.5 Å². The first-order chi connectivity index (χ1) is 15.0. The number of hydrogen-bond acceptors (Lipinski definition) is 7. The van der Waals surface area contributed by atoms with Crippen LogP contribution in [0.3, 0.4) is 0 Å². The summed E-state index contributed by atoms with van der Waals surface area (Å²) in [6.45, 7) is 0. The highest BCUT2D eigenvalue weighted by atomic mass is 16.1. The molecule has 2 aromatic carbocycles. The third-order valence-corrected chi connectivity index (χ3v) is 4.58. The van der Waals surface area contributed by atoms with Crippen LogP contribution in [0, 0.1) is 0 Å². The molecular weight excluding hydrogens is 394 g/mol. The molecule has 0 spiro atoms. The first kappa shape index (κ1) is 19.8. The van der Waals surface area contributed by atoms with Crippen LogP contribution >= 0.6 is 0 Å². The maximum absolute atomic E-state index is 12.0. The molecule has 0 saturated heterocycles.